The number of benzene rings is 1. The first-order chi connectivity index (χ1) is 9.60. The highest BCUT2D eigenvalue weighted by molar-refractivity contribution is 5.96. The summed E-state index contributed by atoms with van der Waals surface area (Å²) in [6.07, 6.45) is 3.50. The maximum Gasteiger partial charge on any atom is 0.252 e. The number of hydrogen-bond acceptors (Lipinski definition) is 2. The molecule has 0 heterocycles. The predicted molar refractivity (Wildman–Crippen MR) is 76.6 cm³/mol. The van der Waals surface area contributed by atoms with Gasteiger partial charge in [0.2, 0.25) is 0 Å². The molecular weight excluding hydrogens is 255 g/mol. The molecule has 3 nitrogen and oxygen atoms in total. The summed E-state index contributed by atoms with van der Waals surface area (Å²) in [4.78, 5) is 12.2. The minimum absolute atomic E-state index is 0.121. The number of halogens is 1. The molecule has 3 N–H and O–H groups in total. The molecule has 106 valence electrons. The van der Waals surface area contributed by atoms with Crippen molar-refractivity contribution in [3.63, 3.8) is 0 Å². The van der Waals surface area contributed by atoms with Crippen LogP contribution in [-0.4, -0.2) is 18.5 Å². The molecule has 1 aromatic rings. The maximum atomic E-state index is 13.2. The zero-order valence-corrected chi connectivity index (χ0v) is 11.6. The molecule has 4 heteroatoms. The van der Waals surface area contributed by atoms with E-state index in [0.29, 0.717) is 11.1 Å². The van der Waals surface area contributed by atoms with Gasteiger partial charge in [0.15, 0.2) is 0 Å². The number of carbonyl (C=O) groups excluding carboxylic acids is 1. The van der Waals surface area contributed by atoms with Crippen molar-refractivity contribution < 1.29 is 9.18 Å². The number of nitrogens with one attached hydrogen (secondary N) is 1. The quantitative estimate of drug-likeness (QED) is 0.826. The molecule has 20 heavy (non-hydrogen) atoms. The minimum Gasteiger partial charge on any atom is -0.350 e. The third-order valence-corrected chi connectivity index (χ3v) is 3.31. The van der Waals surface area contributed by atoms with Crippen molar-refractivity contribution in [2.24, 2.45) is 11.7 Å². The lowest BCUT2D eigenvalue weighted by Crippen LogP contribution is -2.33. The van der Waals surface area contributed by atoms with E-state index in [0.717, 1.165) is 12.3 Å². The average Bonchev–Trinajstić information content (AvgIpc) is 3.19. The number of nitrogens with two attached hydrogens (primary N) is 1. The number of rotatable bonds is 4. The lowest BCUT2D eigenvalue weighted by Gasteiger charge is -2.14. The highest BCUT2D eigenvalue weighted by Gasteiger charge is 2.24. The Morgan fingerprint density at radius 3 is 2.95 bits per heavy atom. The molecule has 0 aliphatic heterocycles. The molecule has 1 aromatic carbocycles. The Balaban J connectivity index is 2.11. The lowest BCUT2D eigenvalue weighted by atomic mass is 10.1. The second kappa shape index (κ2) is 6.53. The third kappa shape index (κ3) is 4.07. The monoisotopic (exact) mass is 274 g/mol. The molecule has 1 amide bonds. The second-order valence-electron chi connectivity index (χ2n) is 5.25. The van der Waals surface area contributed by atoms with Gasteiger partial charge in [-0.25, -0.2) is 4.39 Å². The highest BCUT2D eigenvalue weighted by atomic mass is 19.1. The zero-order chi connectivity index (χ0) is 14.5. The van der Waals surface area contributed by atoms with Crippen LogP contribution in [0.3, 0.4) is 0 Å². The van der Waals surface area contributed by atoms with Crippen LogP contribution < -0.4 is 11.1 Å². The normalized spacial score (nSPS) is 15.2. The summed E-state index contributed by atoms with van der Waals surface area (Å²) in [6, 6.07) is 4.13. The largest absolute Gasteiger partial charge is 0.350 e. The molecule has 2 rings (SSSR count). The first-order valence-electron chi connectivity index (χ1n) is 6.89. The van der Waals surface area contributed by atoms with Gasteiger partial charge in [0, 0.05) is 11.6 Å². The van der Waals surface area contributed by atoms with E-state index in [1.807, 2.05) is 6.92 Å². The first-order valence-corrected chi connectivity index (χ1v) is 6.89. The van der Waals surface area contributed by atoms with Gasteiger partial charge < -0.3 is 11.1 Å². The van der Waals surface area contributed by atoms with Crippen molar-refractivity contribution in [2.45, 2.75) is 32.2 Å². The van der Waals surface area contributed by atoms with Crippen LogP contribution in [0.4, 0.5) is 4.39 Å². The van der Waals surface area contributed by atoms with Crippen molar-refractivity contribution in [3.8, 4) is 11.8 Å². The van der Waals surface area contributed by atoms with E-state index >= 15 is 0 Å². The van der Waals surface area contributed by atoms with Crippen LogP contribution >= 0.6 is 0 Å². The van der Waals surface area contributed by atoms with Crippen LogP contribution in [0, 0.1) is 23.6 Å². The molecule has 1 fully saturated rings. The summed E-state index contributed by atoms with van der Waals surface area (Å²) in [5.74, 6) is 5.53. The maximum absolute atomic E-state index is 13.2. The van der Waals surface area contributed by atoms with Crippen LogP contribution in [0.2, 0.25) is 0 Å². The van der Waals surface area contributed by atoms with Gasteiger partial charge in [0.25, 0.3) is 5.91 Å². The molecule has 1 aliphatic carbocycles. The second-order valence-corrected chi connectivity index (χ2v) is 5.25. The van der Waals surface area contributed by atoms with Crippen LogP contribution in [0.25, 0.3) is 0 Å². The smallest absolute Gasteiger partial charge is 0.252 e. The standard InChI is InChI=1S/C16H19FN2O/c1-11(9-12-4-5-12)19-16(20)15-7-6-14(17)10-13(15)3-2-8-18/h6-7,10-12H,4-5,8-9,18H2,1H3,(H,19,20). The van der Waals surface area contributed by atoms with Gasteiger partial charge in [0.1, 0.15) is 5.82 Å². The fourth-order valence-electron chi connectivity index (χ4n) is 2.18. The van der Waals surface area contributed by atoms with Gasteiger partial charge in [-0.3, -0.25) is 4.79 Å². The summed E-state index contributed by atoms with van der Waals surface area (Å²) in [5, 5.41) is 2.94. The van der Waals surface area contributed by atoms with E-state index in [4.69, 9.17) is 5.73 Å². The van der Waals surface area contributed by atoms with E-state index in [-0.39, 0.29) is 18.5 Å². The Hall–Kier alpha value is -1.86. The van der Waals surface area contributed by atoms with Crippen molar-refractivity contribution in [1.82, 2.24) is 5.32 Å². The minimum atomic E-state index is -0.408. The van der Waals surface area contributed by atoms with Gasteiger partial charge in [-0.2, -0.15) is 0 Å². The Labute approximate surface area is 118 Å². The van der Waals surface area contributed by atoms with E-state index < -0.39 is 5.82 Å². The van der Waals surface area contributed by atoms with Crippen molar-refractivity contribution in [2.75, 3.05) is 6.54 Å². The molecular formula is C16H19FN2O. The summed E-state index contributed by atoms with van der Waals surface area (Å²) in [6.45, 7) is 2.17. The van der Waals surface area contributed by atoms with Gasteiger partial charge >= 0.3 is 0 Å². The highest BCUT2D eigenvalue weighted by Crippen LogP contribution is 2.33. The van der Waals surface area contributed by atoms with Crippen molar-refractivity contribution in [3.05, 3.63) is 35.1 Å². The van der Waals surface area contributed by atoms with Crippen LogP contribution in [0.5, 0.6) is 0 Å². The lowest BCUT2D eigenvalue weighted by molar-refractivity contribution is 0.0937. The third-order valence-electron chi connectivity index (χ3n) is 3.31. The van der Waals surface area contributed by atoms with Crippen LogP contribution in [0.1, 0.15) is 42.1 Å². The van der Waals surface area contributed by atoms with Gasteiger partial charge in [-0.05, 0) is 37.5 Å². The number of hydrogen-bond donors (Lipinski definition) is 2. The Kier molecular flexibility index (Phi) is 4.75. The first kappa shape index (κ1) is 14.5. The molecule has 1 saturated carbocycles. The molecule has 0 radical (unpaired) electrons. The predicted octanol–water partition coefficient (Wildman–Crippen LogP) is 2.05. The zero-order valence-electron chi connectivity index (χ0n) is 11.6. The molecule has 1 unspecified atom stereocenters. The summed E-state index contributed by atoms with van der Waals surface area (Å²) >= 11 is 0. The van der Waals surface area contributed by atoms with Crippen LogP contribution in [-0.2, 0) is 0 Å². The molecule has 0 saturated heterocycles. The fourth-order valence-corrected chi connectivity index (χ4v) is 2.18. The fraction of sp³-hybridized carbons (Fsp3) is 0.438. The van der Waals surface area contributed by atoms with E-state index in [2.05, 4.69) is 17.2 Å². The number of amides is 1. The van der Waals surface area contributed by atoms with E-state index in [9.17, 15) is 9.18 Å². The Bertz CT molecular complexity index is 555. The van der Waals surface area contributed by atoms with E-state index in [1.165, 1.54) is 31.0 Å². The average molecular weight is 274 g/mol. The van der Waals surface area contributed by atoms with Crippen molar-refractivity contribution >= 4 is 5.91 Å². The van der Waals surface area contributed by atoms with Gasteiger partial charge in [0.05, 0.1) is 12.1 Å². The van der Waals surface area contributed by atoms with Gasteiger partial charge in [-0.15, -0.1) is 0 Å². The van der Waals surface area contributed by atoms with E-state index in [1.54, 1.807) is 0 Å². The Morgan fingerprint density at radius 2 is 2.30 bits per heavy atom. The summed E-state index contributed by atoms with van der Waals surface area (Å²) in [5.41, 5.74) is 6.09. The topological polar surface area (TPSA) is 55.1 Å². The van der Waals surface area contributed by atoms with Crippen LogP contribution in [0.15, 0.2) is 18.2 Å². The summed E-state index contributed by atoms with van der Waals surface area (Å²) < 4.78 is 13.2. The van der Waals surface area contributed by atoms with Gasteiger partial charge in [-0.1, -0.05) is 24.7 Å². The summed E-state index contributed by atoms with van der Waals surface area (Å²) in [7, 11) is 0. The Morgan fingerprint density at radius 1 is 1.55 bits per heavy atom. The molecule has 0 spiro atoms. The number of carbonyl (C=O) groups is 1. The SMILES string of the molecule is CC(CC1CC1)NC(=O)c1ccc(F)cc1C#CCN. The van der Waals surface area contributed by atoms with Crippen molar-refractivity contribution in [1.29, 1.82) is 0 Å². The molecule has 1 atom stereocenters. The molecule has 0 bridgehead atoms. The molecule has 0 aromatic heterocycles. The molecule has 1 aliphatic rings.